The summed E-state index contributed by atoms with van der Waals surface area (Å²) in [5, 5.41) is 0. The number of anilines is 2. The Hall–Kier alpha value is -3.45. The van der Waals surface area contributed by atoms with Gasteiger partial charge in [0.15, 0.2) is 0 Å². The standard InChI is InChI=1S/C23H19N3O3S/c27-23(14-7-15-25-16-24-17-8-1-2-9-18(17)25)26-19-10-3-5-12-21(19)30(28,29)22-13-6-4-11-20(22)26/h1-6,8-13,16H,7,14-15H2. The highest BCUT2D eigenvalue weighted by Gasteiger charge is 2.36. The number of carbonyl (C=O) groups excluding carboxylic acids is 1. The number of aryl methyl sites for hydroxylation is 1. The van der Waals surface area contributed by atoms with Crippen molar-refractivity contribution in [3.8, 4) is 0 Å². The maximum absolute atomic E-state index is 13.2. The molecule has 0 atom stereocenters. The molecule has 1 aliphatic heterocycles. The van der Waals surface area contributed by atoms with Gasteiger partial charge in [0.2, 0.25) is 15.7 Å². The first-order chi connectivity index (χ1) is 14.6. The van der Waals surface area contributed by atoms with Crippen LogP contribution in [-0.2, 0) is 21.2 Å². The Morgan fingerprint density at radius 3 is 2.13 bits per heavy atom. The Morgan fingerprint density at radius 1 is 0.833 bits per heavy atom. The number of carbonyl (C=O) groups is 1. The van der Waals surface area contributed by atoms with Crippen molar-refractivity contribution in [2.45, 2.75) is 29.2 Å². The number of aromatic nitrogens is 2. The van der Waals surface area contributed by atoms with Crippen molar-refractivity contribution in [3.05, 3.63) is 79.1 Å². The Morgan fingerprint density at radius 2 is 1.43 bits per heavy atom. The third kappa shape index (κ3) is 2.90. The van der Waals surface area contributed by atoms with Crippen LogP contribution in [-0.4, -0.2) is 23.9 Å². The van der Waals surface area contributed by atoms with Gasteiger partial charge in [-0.15, -0.1) is 0 Å². The lowest BCUT2D eigenvalue weighted by Crippen LogP contribution is -2.31. The molecule has 0 unspecified atom stereocenters. The van der Waals surface area contributed by atoms with Crippen molar-refractivity contribution < 1.29 is 13.2 Å². The minimum absolute atomic E-state index is 0.130. The van der Waals surface area contributed by atoms with Crippen LogP contribution in [0.1, 0.15) is 12.8 Å². The van der Waals surface area contributed by atoms with E-state index in [9.17, 15) is 13.2 Å². The fraction of sp³-hybridized carbons (Fsp3) is 0.130. The van der Waals surface area contributed by atoms with Crippen molar-refractivity contribution in [3.63, 3.8) is 0 Å². The molecule has 0 bridgehead atoms. The maximum Gasteiger partial charge on any atom is 0.231 e. The SMILES string of the molecule is O=C(CCCn1cnc2ccccc21)N1c2ccccc2S(=O)(=O)c2ccccc21. The number of nitrogens with zero attached hydrogens (tertiary/aromatic N) is 3. The van der Waals surface area contributed by atoms with E-state index in [-0.39, 0.29) is 22.1 Å². The zero-order valence-corrected chi connectivity index (χ0v) is 16.9. The summed E-state index contributed by atoms with van der Waals surface area (Å²) in [6.45, 7) is 0.654. The van der Waals surface area contributed by atoms with E-state index in [1.165, 1.54) is 4.90 Å². The number of hydrogen-bond donors (Lipinski definition) is 0. The molecule has 30 heavy (non-hydrogen) atoms. The fourth-order valence-corrected chi connectivity index (χ4v) is 5.58. The van der Waals surface area contributed by atoms with Gasteiger partial charge in [0.25, 0.3) is 0 Å². The number of benzene rings is 3. The lowest BCUT2D eigenvalue weighted by Gasteiger charge is -2.31. The lowest BCUT2D eigenvalue weighted by molar-refractivity contribution is -0.118. The molecule has 0 radical (unpaired) electrons. The largest absolute Gasteiger partial charge is 0.331 e. The molecule has 0 saturated carbocycles. The first kappa shape index (κ1) is 18.6. The molecule has 0 saturated heterocycles. The summed E-state index contributed by atoms with van der Waals surface area (Å²) in [4.78, 5) is 19.5. The molecule has 3 aromatic carbocycles. The molecule has 1 amide bonds. The van der Waals surface area contributed by atoms with E-state index in [1.54, 1.807) is 54.9 Å². The molecule has 0 spiro atoms. The molecular formula is C23H19N3O3S. The van der Waals surface area contributed by atoms with Gasteiger partial charge in [-0.25, -0.2) is 13.4 Å². The summed E-state index contributed by atoms with van der Waals surface area (Å²) in [6.07, 6.45) is 2.69. The summed E-state index contributed by atoms with van der Waals surface area (Å²) < 4.78 is 28.1. The van der Waals surface area contributed by atoms with Gasteiger partial charge in [-0.1, -0.05) is 36.4 Å². The van der Waals surface area contributed by atoms with Gasteiger partial charge in [-0.2, -0.15) is 0 Å². The summed E-state index contributed by atoms with van der Waals surface area (Å²) in [5.74, 6) is -0.130. The highest BCUT2D eigenvalue weighted by Crippen LogP contribution is 2.44. The zero-order valence-electron chi connectivity index (χ0n) is 16.1. The molecule has 7 heteroatoms. The van der Waals surface area contributed by atoms with Crippen LogP contribution in [0.15, 0.2) is 88.9 Å². The van der Waals surface area contributed by atoms with Crippen molar-refractivity contribution in [2.75, 3.05) is 4.90 Å². The minimum Gasteiger partial charge on any atom is -0.331 e. The van der Waals surface area contributed by atoms with Gasteiger partial charge < -0.3 is 4.57 Å². The molecule has 0 N–H and O–H groups in total. The molecule has 1 aromatic heterocycles. The third-order valence-corrected chi connectivity index (χ3v) is 7.21. The molecule has 5 rings (SSSR count). The monoisotopic (exact) mass is 417 g/mol. The highest BCUT2D eigenvalue weighted by atomic mass is 32.2. The summed E-state index contributed by atoms with van der Waals surface area (Å²) in [6, 6.07) is 21.2. The Labute approximate surface area is 174 Å². The molecular weight excluding hydrogens is 398 g/mol. The third-order valence-electron chi connectivity index (χ3n) is 5.36. The van der Waals surface area contributed by atoms with Crippen molar-refractivity contribution in [1.29, 1.82) is 0 Å². The van der Waals surface area contributed by atoms with Crippen LogP contribution in [0, 0.1) is 0 Å². The highest BCUT2D eigenvalue weighted by molar-refractivity contribution is 7.92. The molecule has 6 nitrogen and oxygen atoms in total. The van der Waals surface area contributed by atoms with Crippen molar-refractivity contribution >= 4 is 38.2 Å². The van der Waals surface area contributed by atoms with E-state index in [2.05, 4.69) is 4.98 Å². The van der Waals surface area contributed by atoms with Crippen LogP contribution >= 0.6 is 0 Å². The fourth-order valence-electron chi connectivity index (χ4n) is 3.96. The van der Waals surface area contributed by atoms with E-state index in [4.69, 9.17) is 0 Å². The molecule has 0 fully saturated rings. The quantitative estimate of drug-likeness (QED) is 0.496. The summed E-state index contributed by atoms with van der Waals surface area (Å²) in [5.41, 5.74) is 2.78. The minimum atomic E-state index is -3.65. The van der Waals surface area contributed by atoms with Gasteiger partial charge >= 0.3 is 0 Å². The van der Waals surface area contributed by atoms with E-state index >= 15 is 0 Å². The Bertz CT molecular complexity index is 1320. The second-order valence-corrected chi connectivity index (χ2v) is 9.08. The second kappa shape index (κ2) is 7.11. The average Bonchev–Trinajstić information content (AvgIpc) is 3.17. The number of sulfone groups is 1. The molecule has 4 aromatic rings. The second-order valence-electron chi connectivity index (χ2n) is 7.20. The van der Waals surface area contributed by atoms with Crippen LogP contribution in [0.5, 0.6) is 0 Å². The summed E-state index contributed by atoms with van der Waals surface area (Å²) >= 11 is 0. The normalized spacial score (nSPS) is 14.3. The number of amides is 1. The number of para-hydroxylation sites is 4. The number of fused-ring (bicyclic) bond motifs is 3. The van der Waals surface area contributed by atoms with E-state index in [0.29, 0.717) is 24.3 Å². The average molecular weight is 417 g/mol. The smallest absolute Gasteiger partial charge is 0.231 e. The van der Waals surface area contributed by atoms with Gasteiger partial charge in [0.05, 0.1) is 38.5 Å². The number of hydrogen-bond acceptors (Lipinski definition) is 4. The molecule has 0 aliphatic carbocycles. The molecule has 2 heterocycles. The van der Waals surface area contributed by atoms with E-state index < -0.39 is 9.84 Å². The van der Waals surface area contributed by atoms with E-state index in [1.807, 2.05) is 28.8 Å². The van der Waals surface area contributed by atoms with Crippen LogP contribution in [0.3, 0.4) is 0 Å². The Balaban J connectivity index is 1.43. The van der Waals surface area contributed by atoms with Crippen molar-refractivity contribution in [2.24, 2.45) is 0 Å². The predicted molar refractivity (Wildman–Crippen MR) is 114 cm³/mol. The van der Waals surface area contributed by atoms with E-state index in [0.717, 1.165) is 11.0 Å². The lowest BCUT2D eigenvalue weighted by atomic mass is 10.2. The molecule has 150 valence electrons. The first-order valence-corrected chi connectivity index (χ1v) is 11.2. The zero-order chi connectivity index (χ0) is 20.7. The first-order valence-electron chi connectivity index (χ1n) is 9.73. The van der Waals surface area contributed by atoms with Gasteiger partial charge in [-0.3, -0.25) is 9.69 Å². The Kier molecular flexibility index (Phi) is 4.40. The van der Waals surface area contributed by atoms with Gasteiger partial charge in [0.1, 0.15) is 0 Å². The number of imidazole rings is 1. The molecule has 1 aliphatic rings. The van der Waals surface area contributed by atoms with Crippen LogP contribution in [0.4, 0.5) is 11.4 Å². The van der Waals surface area contributed by atoms with Gasteiger partial charge in [0, 0.05) is 13.0 Å². The van der Waals surface area contributed by atoms with Gasteiger partial charge in [-0.05, 0) is 42.8 Å². The van der Waals surface area contributed by atoms with Crippen LogP contribution in [0.2, 0.25) is 0 Å². The van der Waals surface area contributed by atoms with Crippen LogP contribution in [0.25, 0.3) is 11.0 Å². The maximum atomic E-state index is 13.2. The summed E-state index contributed by atoms with van der Waals surface area (Å²) in [7, 11) is -3.65. The van der Waals surface area contributed by atoms with Crippen molar-refractivity contribution in [1.82, 2.24) is 9.55 Å². The van der Waals surface area contributed by atoms with Crippen LogP contribution < -0.4 is 4.90 Å². The predicted octanol–water partition coefficient (Wildman–Crippen LogP) is 4.33. The number of rotatable bonds is 4. The topological polar surface area (TPSA) is 72.3 Å².